The number of Topliss-reactive ketones (excluding diaryl/α,β-unsaturated/α-hetero) is 1. The van der Waals surface area contributed by atoms with Gasteiger partial charge in [0, 0.05) is 74.7 Å². The predicted molar refractivity (Wildman–Crippen MR) is 143 cm³/mol. The van der Waals surface area contributed by atoms with E-state index in [0.29, 0.717) is 32.1 Å². The predicted octanol–water partition coefficient (Wildman–Crippen LogP) is 2.55. The van der Waals surface area contributed by atoms with E-state index in [1.54, 1.807) is 23.5 Å². The van der Waals surface area contributed by atoms with Gasteiger partial charge in [0.2, 0.25) is 0 Å². The molecule has 0 unspecified atom stereocenters. The number of carbonyl (C=O) groups excluding carboxylic acids is 2. The van der Waals surface area contributed by atoms with Gasteiger partial charge in [-0.2, -0.15) is 0 Å². The van der Waals surface area contributed by atoms with Crippen LogP contribution in [0.1, 0.15) is 49.7 Å². The zero-order valence-corrected chi connectivity index (χ0v) is 22.5. The Hall–Kier alpha value is -3.47. The van der Waals surface area contributed by atoms with Gasteiger partial charge in [-0.15, -0.1) is 0 Å². The first-order chi connectivity index (χ1) is 18.1. The second-order valence-electron chi connectivity index (χ2n) is 11.5. The van der Waals surface area contributed by atoms with Crippen LogP contribution in [-0.4, -0.2) is 89.8 Å². The van der Waals surface area contributed by atoms with Crippen LogP contribution >= 0.6 is 0 Å². The van der Waals surface area contributed by atoms with Crippen molar-refractivity contribution in [2.75, 3.05) is 68.0 Å². The zero-order chi connectivity index (χ0) is 26.9. The molecule has 2 aromatic heterocycles. The Morgan fingerprint density at radius 2 is 1.79 bits per heavy atom. The molecule has 204 valence electrons. The second-order valence-corrected chi connectivity index (χ2v) is 11.5. The van der Waals surface area contributed by atoms with Gasteiger partial charge in [-0.05, 0) is 39.7 Å². The van der Waals surface area contributed by atoms with Gasteiger partial charge in [0.05, 0.1) is 19.4 Å². The summed E-state index contributed by atoms with van der Waals surface area (Å²) in [6, 6.07) is 1.94. The molecular weight excluding hydrogens is 486 g/mol. The van der Waals surface area contributed by atoms with E-state index in [2.05, 4.69) is 24.8 Å². The number of amides is 1. The lowest BCUT2D eigenvalue weighted by Gasteiger charge is -2.53. The van der Waals surface area contributed by atoms with Gasteiger partial charge in [-0.1, -0.05) is 0 Å². The van der Waals surface area contributed by atoms with E-state index in [4.69, 9.17) is 15.2 Å². The summed E-state index contributed by atoms with van der Waals surface area (Å²) in [4.78, 5) is 45.0. The average molecular weight is 524 g/mol. The number of carbonyl (C=O) groups is 2. The first kappa shape index (κ1) is 26.1. The molecule has 5 heterocycles. The number of likely N-dealkylation sites (tertiary alicyclic amines) is 1. The lowest BCUT2D eigenvalue weighted by atomic mass is 9.72. The van der Waals surface area contributed by atoms with Crippen LogP contribution in [0.25, 0.3) is 0 Å². The lowest BCUT2D eigenvalue weighted by Crippen LogP contribution is -2.62. The highest BCUT2D eigenvalue weighted by Gasteiger charge is 2.48. The van der Waals surface area contributed by atoms with E-state index in [1.165, 1.54) is 0 Å². The van der Waals surface area contributed by atoms with Gasteiger partial charge in [-0.3, -0.25) is 9.78 Å². The summed E-state index contributed by atoms with van der Waals surface area (Å²) in [6.45, 7) is 11.5. The van der Waals surface area contributed by atoms with Gasteiger partial charge in [0.25, 0.3) is 0 Å². The number of ketones is 1. The maximum absolute atomic E-state index is 13.3. The zero-order valence-electron chi connectivity index (χ0n) is 22.5. The van der Waals surface area contributed by atoms with E-state index < -0.39 is 5.60 Å². The van der Waals surface area contributed by atoms with E-state index in [0.717, 1.165) is 50.3 Å². The Bertz CT molecular complexity index is 1180. The lowest BCUT2D eigenvalue weighted by molar-refractivity contribution is -0.0434. The Morgan fingerprint density at radius 1 is 1.08 bits per heavy atom. The molecule has 0 aliphatic carbocycles. The van der Waals surface area contributed by atoms with Gasteiger partial charge in [0.15, 0.2) is 17.3 Å². The Morgan fingerprint density at radius 3 is 2.47 bits per heavy atom. The molecule has 0 bridgehead atoms. The number of nitrogens with two attached hydrogens (primary N) is 1. The van der Waals surface area contributed by atoms with Crippen molar-refractivity contribution in [3.63, 3.8) is 0 Å². The normalized spacial score (nSPS) is 19.3. The maximum atomic E-state index is 13.3. The summed E-state index contributed by atoms with van der Waals surface area (Å²) in [5.74, 6) is 0.608. The van der Waals surface area contributed by atoms with Gasteiger partial charge >= 0.3 is 6.09 Å². The maximum Gasteiger partial charge on any atom is 0.410 e. The molecule has 0 saturated carbocycles. The highest BCUT2D eigenvalue weighted by atomic mass is 16.6. The van der Waals surface area contributed by atoms with Crippen molar-refractivity contribution in [3.05, 3.63) is 35.9 Å². The minimum atomic E-state index is -0.493. The number of pyridine rings is 1. The number of nitrogens with zero attached hydrogens (tertiary/aromatic N) is 6. The fourth-order valence-electron chi connectivity index (χ4n) is 5.42. The molecule has 0 atom stereocenters. The number of hydrogen-bond donors (Lipinski definition) is 1. The highest BCUT2D eigenvalue weighted by Crippen LogP contribution is 2.41. The Kier molecular flexibility index (Phi) is 7.13. The van der Waals surface area contributed by atoms with Crippen molar-refractivity contribution in [1.82, 2.24) is 19.9 Å². The third-order valence-corrected chi connectivity index (χ3v) is 7.49. The van der Waals surface area contributed by atoms with Crippen molar-refractivity contribution in [1.29, 1.82) is 0 Å². The van der Waals surface area contributed by atoms with Crippen LogP contribution in [0.5, 0.6) is 0 Å². The highest BCUT2D eigenvalue weighted by molar-refractivity contribution is 6.00. The number of rotatable bonds is 5. The van der Waals surface area contributed by atoms with Crippen LogP contribution in [-0.2, 0) is 15.9 Å². The van der Waals surface area contributed by atoms with Gasteiger partial charge in [-0.25, -0.2) is 14.8 Å². The molecule has 0 aromatic carbocycles. The quantitative estimate of drug-likeness (QED) is 0.584. The smallest absolute Gasteiger partial charge is 0.410 e. The third-order valence-electron chi connectivity index (χ3n) is 7.49. The van der Waals surface area contributed by atoms with Crippen molar-refractivity contribution in [2.45, 2.75) is 45.6 Å². The molecule has 11 nitrogen and oxygen atoms in total. The summed E-state index contributed by atoms with van der Waals surface area (Å²) in [5, 5.41) is 0. The molecule has 2 aromatic rings. The average Bonchev–Trinajstić information content (AvgIpc) is 2.87. The minimum absolute atomic E-state index is 0.115. The van der Waals surface area contributed by atoms with Crippen LogP contribution in [0, 0.1) is 5.41 Å². The molecule has 2 N–H and O–H groups in total. The Labute approximate surface area is 223 Å². The van der Waals surface area contributed by atoms with Crippen molar-refractivity contribution < 1.29 is 19.1 Å². The molecule has 3 aliphatic rings. The Balaban J connectivity index is 1.22. The van der Waals surface area contributed by atoms with Crippen LogP contribution in [0.15, 0.2) is 24.7 Å². The summed E-state index contributed by atoms with van der Waals surface area (Å²) in [6.07, 6.45) is 6.88. The topological polar surface area (TPSA) is 127 Å². The monoisotopic (exact) mass is 523 g/mol. The largest absolute Gasteiger partial charge is 0.444 e. The summed E-state index contributed by atoms with van der Waals surface area (Å²) in [7, 11) is 0. The first-order valence-corrected chi connectivity index (χ1v) is 13.3. The standard InChI is InChI=1S/C27H37N7O4/c1-26(2,3)38-25(36)34-17-27(18-34)5-8-33(9-6-27)22-16-30-24(28)23(31-22)21(35)14-19-15-29-7-4-20(19)32-10-12-37-13-11-32/h4,7,15-16H,5-6,8-14,17-18H2,1-3H3,(H2,28,30). The fraction of sp³-hybridized carbons (Fsp3) is 0.593. The second kappa shape index (κ2) is 10.4. The number of anilines is 3. The third kappa shape index (κ3) is 5.67. The fourth-order valence-corrected chi connectivity index (χ4v) is 5.42. The molecule has 0 radical (unpaired) electrons. The van der Waals surface area contributed by atoms with E-state index >= 15 is 0 Å². The van der Waals surface area contributed by atoms with Crippen LogP contribution in [0.3, 0.4) is 0 Å². The van der Waals surface area contributed by atoms with E-state index in [-0.39, 0.29) is 35.2 Å². The molecule has 5 rings (SSSR count). The van der Waals surface area contributed by atoms with Crippen molar-refractivity contribution >= 4 is 29.2 Å². The van der Waals surface area contributed by atoms with Crippen molar-refractivity contribution in [2.24, 2.45) is 5.41 Å². The number of ether oxygens (including phenoxy) is 2. The summed E-state index contributed by atoms with van der Waals surface area (Å²) in [5.41, 5.74) is 7.75. The minimum Gasteiger partial charge on any atom is -0.444 e. The van der Waals surface area contributed by atoms with Crippen molar-refractivity contribution in [3.8, 4) is 0 Å². The van der Waals surface area contributed by atoms with Crippen LogP contribution < -0.4 is 15.5 Å². The first-order valence-electron chi connectivity index (χ1n) is 13.3. The summed E-state index contributed by atoms with van der Waals surface area (Å²) >= 11 is 0. The van der Waals surface area contributed by atoms with Gasteiger partial charge in [0.1, 0.15) is 11.4 Å². The van der Waals surface area contributed by atoms with Crippen LogP contribution in [0.2, 0.25) is 0 Å². The molecule has 3 fully saturated rings. The molecule has 3 aliphatic heterocycles. The SMILES string of the molecule is CC(C)(C)OC(=O)N1CC2(CCN(c3cnc(N)c(C(=O)Cc4cnccc4N4CCOCC4)n3)CC2)C1. The number of morpholine rings is 1. The molecule has 11 heteroatoms. The molecule has 3 saturated heterocycles. The molecule has 38 heavy (non-hydrogen) atoms. The molecule has 1 spiro atoms. The number of hydrogen-bond acceptors (Lipinski definition) is 10. The van der Waals surface area contributed by atoms with E-state index in [9.17, 15) is 9.59 Å². The number of aromatic nitrogens is 3. The summed E-state index contributed by atoms with van der Waals surface area (Å²) < 4.78 is 11.0. The van der Waals surface area contributed by atoms with Gasteiger partial charge < -0.3 is 29.9 Å². The van der Waals surface area contributed by atoms with E-state index in [1.807, 2.05) is 26.8 Å². The number of nitrogen functional groups attached to an aromatic ring is 1. The molecule has 1 amide bonds. The molecular formula is C27H37N7O4. The van der Waals surface area contributed by atoms with Crippen LogP contribution in [0.4, 0.5) is 22.1 Å². The number of piperidine rings is 1.